The average Bonchev–Trinajstić information content (AvgIpc) is 3.44. The Balaban J connectivity index is 1.87. The molecule has 2 aliphatic carbocycles. The molecule has 160 valence electrons. The predicted molar refractivity (Wildman–Crippen MR) is 97.9 cm³/mol. The topological polar surface area (TPSA) is 18.5 Å². The van der Waals surface area contributed by atoms with Crippen molar-refractivity contribution >= 4 is 0 Å². The van der Waals surface area contributed by atoms with Crippen molar-refractivity contribution in [2.45, 2.75) is 7.25 Å². The van der Waals surface area contributed by atoms with Crippen molar-refractivity contribution in [2.24, 2.45) is 0 Å². The zero-order valence-electron chi connectivity index (χ0n) is 15.7. The summed E-state index contributed by atoms with van der Waals surface area (Å²) in [5.41, 5.74) is 0. The average molecular weight is 516 g/mol. The molecule has 0 radical (unpaired) electrons. The molecule has 2 aliphatic rings. The second kappa shape index (κ2) is 8.54. The van der Waals surface area contributed by atoms with E-state index in [1.54, 1.807) is 48.6 Å². The van der Waals surface area contributed by atoms with Crippen molar-refractivity contribution in [3.8, 4) is 11.5 Å². The fourth-order valence-electron chi connectivity index (χ4n) is 3.42. The summed E-state index contributed by atoms with van der Waals surface area (Å²) in [5.74, 6) is -9.06. The van der Waals surface area contributed by atoms with E-state index in [9.17, 15) is 26.3 Å². The van der Waals surface area contributed by atoms with Crippen molar-refractivity contribution in [3.63, 3.8) is 0 Å². The van der Waals surface area contributed by atoms with E-state index in [1.807, 2.05) is 0 Å². The summed E-state index contributed by atoms with van der Waals surface area (Å²) in [6, 6.07) is 1.76. The molecule has 0 heterocycles. The van der Waals surface area contributed by atoms with E-state index in [-0.39, 0.29) is 0 Å². The van der Waals surface area contributed by atoms with Crippen LogP contribution < -0.4 is 5.63 Å². The van der Waals surface area contributed by atoms with E-state index >= 15 is 0 Å². The zero-order valence-corrected chi connectivity index (χ0v) is 18.1. The molecule has 0 aliphatic heterocycles. The van der Waals surface area contributed by atoms with Crippen LogP contribution in [-0.4, -0.2) is 0 Å². The fourth-order valence-corrected chi connectivity index (χ4v) is 12.1. The Morgan fingerprint density at radius 1 is 0.484 bits per heavy atom. The molecule has 0 bridgehead atoms. The molecule has 31 heavy (non-hydrogen) atoms. The molecule has 2 aromatic carbocycles. The van der Waals surface area contributed by atoms with Gasteiger partial charge in [0, 0.05) is 0 Å². The van der Waals surface area contributed by atoms with Gasteiger partial charge < -0.3 is 0 Å². The summed E-state index contributed by atoms with van der Waals surface area (Å²) in [7, 11) is 0. The SMILES string of the molecule is Fc1cc(F)c([O][Zr]([O]c2cc(F)c(F)cc2F)([CH]2C=CC=C2)[CH]2C=CC=C2)cc1F. The molecule has 0 N–H and O–H groups in total. The van der Waals surface area contributed by atoms with E-state index in [0.717, 1.165) is 0 Å². The van der Waals surface area contributed by atoms with Gasteiger partial charge in [-0.2, -0.15) is 0 Å². The van der Waals surface area contributed by atoms with Gasteiger partial charge in [-0.1, -0.05) is 0 Å². The molecule has 0 saturated carbocycles. The van der Waals surface area contributed by atoms with Crippen molar-refractivity contribution in [1.29, 1.82) is 0 Å². The van der Waals surface area contributed by atoms with Gasteiger partial charge in [0.25, 0.3) is 0 Å². The predicted octanol–water partition coefficient (Wildman–Crippen LogP) is 6.79. The second-order valence-electron chi connectivity index (χ2n) is 6.91. The Hall–Kier alpha value is -2.54. The van der Waals surface area contributed by atoms with Crippen LogP contribution in [0.2, 0.25) is 7.25 Å². The summed E-state index contributed by atoms with van der Waals surface area (Å²) in [4.78, 5) is 0. The van der Waals surface area contributed by atoms with Crippen LogP contribution in [-0.2, 0) is 21.1 Å². The van der Waals surface area contributed by atoms with Gasteiger partial charge >= 0.3 is 180 Å². The summed E-state index contributed by atoms with van der Waals surface area (Å²) in [6.07, 6.45) is 13.4. The Labute approximate surface area is 179 Å². The zero-order chi connectivity index (χ0) is 22.2. The first-order valence-electron chi connectivity index (χ1n) is 9.17. The minimum atomic E-state index is -4.97. The molecule has 2 aromatic rings. The molecule has 0 atom stereocenters. The molecule has 2 nitrogen and oxygen atoms in total. The Bertz CT molecular complexity index is 1030. The molecule has 4 rings (SSSR count). The van der Waals surface area contributed by atoms with E-state index < -0.39 is 74.8 Å². The van der Waals surface area contributed by atoms with Gasteiger partial charge in [0.05, 0.1) is 0 Å². The van der Waals surface area contributed by atoms with Crippen molar-refractivity contribution in [3.05, 3.63) is 108 Å². The molecule has 0 saturated heterocycles. The van der Waals surface area contributed by atoms with Gasteiger partial charge in [-0.3, -0.25) is 0 Å². The molecule has 0 aromatic heterocycles. The summed E-state index contributed by atoms with van der Waals surface area (Å²) < 4.78 is 94.2. The first-order valence-corrected chi connectivity index (χ1v) is 14.0. The van der Waals surface area contributed by atoms with Gasteiger partial charge in [0.15, 0.2) is 0 Å². The molecular formula is C22H14F6O2Zr. The number of rotatable bonds is 6. The quantitative estimate of drug-likeness (QED) is 0.312. The van der Waals surface area contributed by atoms with Crippen LogP contribution in [0.5, 0.6) is 11.5 Å². The Morgan fingerprint density at radius 2 is 0.806 bits per heavy atom. The number of halogens is 6. The number of hydrogen-bond donors (Lipinski definition) is 0. The van der Waals surface area contributed by atoms with Gasteiger partial charge in [0.1, 0.15) is 0 Å². The van der Waals surface area contributed by atoms with Crippen LogP contribution in [0, 0.1) is 34.9 Å². The van der Waals surface area contributed by atoms with Crippen molar-refractivity contribution < 1.29 is 53.1 Å². The Kier molecular flexibility index (Phi) is 5.97. The number of benzene rings is 2. The molecular weight excluding hydrogens is 501 g/mol. The third kappa shape index (κ3) is 4.16. The third-order valence-corrected chi connectivity index (χ3v) is 14.0. The van der Waals surface area contributed by atoms with E-state index in [0.29, 0.717) is 24.3 Å². The fraction of sp³-hybridized carbons (Fsp3) is 0.0909. The van der Waals surface area contributed by atoms with Gasteiger partial charge in [-0.05, 0) is 0 Å². The summed E-state index contributed by atoms with van der Waals surface area (Å²) >= 11 is -4.97. The molecule has 9 heteroatoms. The van der Waals surface area contributed by atoms with Crippen LogP contribution in [0.25, 0.3) is 0 Å². The normalized spacial score (nSPS) is 15.9. The minimum absolute atomic E-state index is 0.333. The summed E-state index contributed by atoms with van der Waals surface area (Å²) in [6.45, 7) is 0. The first kappa shape index (κ1) is 21.7. The maximum atomic E-state index is 14.5. The first-order chi connectivity index (χ1) is 14.8. The molecule has 0 amide bonds. The number of hydrogen-bond acceptors (Lipinski definition) is 2. The van der Waals surface area contributed by atoms with Crippen molar-refractivity contribution in [2.75, 3.05) is 0 Å². The van der Waals surface area contributed by atoms with Crippen LogP contribution in [0.15, 0.2) is 72.9 Å². The third-order valence-electron chi connectivity index (χ3n) is 4.91. The second-order valence-corrected chi connectivity index (χ2v) is 14.7. The Morgan fingerprint density at radius 3 is 1.16 bits per heavy atom. The molecule has 0 unspecified atom stereocenters. The van der Waals surface area contributed by atoms with E-state index in [1.165, 1.54) is 0 Å². The van der Waals surface area contributed by atoms with E-state index in [4.69, 9.17) is 5.63 Å². The van der Waals surface area contributed by atoms with Gasteiger partial charge in [0.2, 0.25) is 0 Å². The van der Waals surface area contributed by atoms with Crippen LogP contribution in [0.3, 0.4) is 0 Å². The van der Waals surface area contributed by atoms with Crippen molar-refractivity contribution in [1.82, 2.24) is 0 Å². The monoisotopic (exact) mass is 514 g/mol. The van der Waals surface area contributed by atoms with Crippen LogP contribution in [0.1, 0.15) is 0 Å². The molecule has 0 spiro atoms. The molecule has 0 fully saturated rings. The van der Waals surface area contributed by atoms with Crippen LogP contribution in [0.4, 0.5) is 26.3 Å². The summed E-state index contributed by atoms with van der Waals surface area (Å²) in [5, 5.41) is 0. The van der Waals surface area contributed by atoms with Gasteiger partial charge in [-0.15, -0.1) is 0 Å². The van der Waals surface area contributed by atoms with Crippen LogP contribution >= 0.6 is 0 Å². The van der Waals surface area contributed by atoms with Gasteiger partial charge in [-0.25, -0.2) is 0 Å². The maximum absolute atomic E-state index is 14.5. The standard InChI is InChI=1S/2C6H3F3O.2C5H5.Zr/c2*7-3-1-5(9)6(10)2-4(3)8;2*1-2-4-5-3-1;/h2*1-2,10H;2*1-5H;/q;;;;+2/p-2. The van der Waals surface area contributed by atoms with E-state index in [2.05, 4.69) is 0 Å². The number of allylic oxidation sites excluding steroid dienone is 8.